The monoisotopic (exact) mass is 247 g/mol. The first-order chi connectivity index (χ1) is 6.19. The van der Waals surface area contributed by atoms with Crippen molar-refractivity contribution in [3.05, 3.63) is 29.3 Å². The van der Waals surface area contributed by atoms with Crippen molar-refractivity contribution in [2.45, 2.75) is 5.33 Å². The molecule has 0 aliphatic carbocycles. The average molecular weight is 248 g/mol. The van der Waals surface area contributed by atoms with Crippen LogP contribution < -0.4 is 0 Å². The van der Waals surface area contributed by atoms with Gasteiger partial charge in [-0.3, -0.25) is 0 Å². The van der Waals surface area contributed by atoms with Gasteiger partial charge in [0.25, 0.3) is 0 Å². The summed E-state index contributed by atoms with van der Waals surface area (Å²) in [7, 11) is 1.25. The van der Waals surface area contributed by atoms with Gasteiger partial charge >= 0.3 is 5.97 Å². The standard InChI is InChI=1S/C8H7BrFNO2/c1-13-8(12)6-3-2-5(10)7(4-9)11-6/h2-3H,4H2,1H3. The molecule has 0 saturated carbocycles. The fraction of sp³-hybridized carbons (Fsp3) is 0.250. The molecule has 0 atom stereocenters. The van der Waals surface area contributed by atoms with Crippen LogP contribution in [-0.4, -0.2) is 18.1 Å². The maximum Gasteiger partial charge on any atom is 0.356 e. The molecule has 0 aromatic carbocycles. The zero-order valence-corrected chi connectivity index (χ0v) is 8.47. The fourth-order valence-electron chi connectivity index (χ4n) is 0.796. The van der Waals surface area contributed by atoms with Gasteiger partial charge in [-0.15, -0.1) is 0 Å². The Labute approximate surface area is 83.1 Å². The zero-order valence-electron chi connectivity index (χ0n) is 6.88. The maximum absolute atomic E-state index is 12.9. The Kier molecular flexibility index (Phi) is 3.36. The zero-order chi connectivity index (χ0) is 9.84. The Morgan fingerprint density at radius 2 is 2.38 bits per heavy atom. The van der Waals surface area contributed by atoms with Crippen LogP contribution in [0.15, 0.2) is 12.1 Å². The summed E-state index contributed by atoms with van der Waals surface area (Å²) in [4.78, 5) is 14.7. The minimum atomic E-state index is -0.567. The Hall–Kier alpha value is -0.970. The SMILES string of the molecule is COC(=O)c1ccc(F)c(CBr)n1. The van der Waals surface area contributed by atoms with Crippen LogP contribution in [0.4, 0.5) is 4.39 Å². The molecule has 0 unspecified atom stereocenters. The lowest BCUT2D eigenvalue weighted by molar-refractivity contribution is 0.0593. The number of halogens is 2. The van der Waals surface area contributed by atoms with Crippen molar-refractivity contribution >= 4 is 21.9 Å². The summed E-state index contributed by atoms with van der Waals surface area (Å²) in [5, 5.41) is 0.268. The molecule has 0 saturated heterocycles. The lowest BCUT2D eigenvalue weighted by atomic mass is 10.3. The summed E-state index contributed by atoms with van der Waals surface area (Å²) in [6, 6.07) is 2.48. The van der Waals surface area contributed by atoms with Crippen molar-refractivity contribution in [1.82, 2.24) is 4.98 Å². The van der Waals surface area contributed by atoms with Crippen LogP contribution in [0, 0.1) is 5.82 Å². The van der Waals surface area contributed by atoms with E-state index in [1.807, 2.05) is 0 Å². The van der Waals surface area contributed by atoms with E-state index in [4.69, 9.17) is 0 Å². The number of aromatic nitrogens is 1. The van der Waals surface area contributed by atoms with Crippen molar-refractivity contribution in [3.8, 4) is 0 Å². The molecular weight excluding hydrogens is 241 g/mol. The molecule has 1 heterocycles. The molecule has 1 aromatic rings. The molecular formula is C8H7BrFNO2. The Morgan fingerprint density at radius 1 is 1.69 bits per heavy atom. The highest BCUT2D eigenvalue weighted by Crippen LogP contribution is 2.09. The van der Waals surface area contributed by atoms with Crippen molar-refractivity contribution in [3.63, 3.8) is 0 Å². The van der Waals surface area contributed by atoms with Gasteiger partial charge in [-0.1, -0.05) is 15.9 Å². The van der Waals surface area contributed by atoms with Gasteiger partial charge in [-0.25, -0.2) is 14.2 Å². The molecule has 0 fully saturated rings. The Bertz CT molecular complexity index is 330. The second-order valence-corrected chi connectivity index (χ2v) is 2.81. The first-order valence-electron chi connectivity index (χ1n) is 3.48. The van der Waals surface area contributed by atoms with Gasteiger partial charge in [-0.05, 0) is 12.1 Å². The number of rotatable bonds is 2. The minimum absolute atomic E-state index is 0.110. The van der Waals surface area contributed by atoms with Gasteiger partial charge in [0, 0.05) is 5.33 Å². The normalized spacial score (nSPS) is 9.77. The van der Waals surface area contributed by atoms with Gasteiger partial charge in [-0.2, -0.15) is 0 Å². The number of ether oxygens (including phenoxy) is 1. The van der Waals surface area contributed by atoms with Crippen LogP contribution in [0.3, 0.4) is 0 Å². The van der Waals surface area contributed by atoms with Gasteiger partial charge in [0.1, 0.15) is 11.5 Å². The molecule has 0 N–H and O–H groups in total. The smallest absolute Gasteiger partial charge is 0.356 e. The van der Waals surface area contributed by atoms with Crippen LogP contribution in [-0.2, 0) is 10.1 Å². The molecule has 0 radical (unpaired) electrons. The molecule has 0 spiro atoms. The highest BCUT2D eigenvalue weighted by molar-refractivity contribution is 9.08. The van der Waals surface area contributed by atoms with Gasteiger partial charge < -0.3 is 4.74 Å². The summed E-state index contributed by atoms with van der Waals surface area (Å²) < 4.78 is 17.3. The van der Waals surface area contributed by atoms with Crippen LogP contribution in [0.2, 0.25) is 0 Å². The van der Waals surface area contributed by atoms with E-state index in [1.165, 1.54) is 19.2 Å². The topological polar surface area (TPSA) is 39.2 Å². The highest BCUT2D eigenvalue weighted by atomic mass is 79.9. The molecule has 0 amide bonds. The van der Waals surface area contributed by atoms with Crippen LogP contribution in [0.25, 0.3) is 0 Å². The quantitative estimate of drug-likeness (QED) is 0.592. The lowest BCUT2D eigenvalue weighted by Gasteiger charge is -2.01. The van der Waals surface area contributed by atoms with Gasteiger partial charge in [0.15, 0.2) is 0 Å². The molecule has 3 nitrogen and oxygen atoms in total. The highest BCUT2D eigenvalue weighted by Gasteiger charge is 2.10. The summed E-state index contributed by atoms with van der Waals surface area (Å²) in [6.07, 6.45) is 0. The van der Waals surface area contributed by atoms with Crippen molar-refractivity contribution in [2.24, 2.45) is 0 Å². The maximum atomic E-state index is 12.9. The number of pyridine rings is 1. The van der Waals surface area contributed by atoms with E-state index in [0.717, 1.165) is 0 Å². The van der Waals surface area contributed by atoms with Crippen LogP contribution >= 0.6 is 15.9 Å². The number of carbonyl (C=O) groups is 1. The third-order valence-corrected chi connectivity index (χ3v) is 1.97. The molecule has 0 aliphatic heterocycles. The predicted molar refractivity (Wildman–Crippen MR) is 48.2 cm³/mol. The average Bonchev–Trinajstić information content (AvgIpc) is 2.17. The van der Waals surface area contributed by atoms with Crippen molar-refractivity contribution in [1.29, 1.82) is 0 Å². The first kappa shape index (κ1) is 10.1. The van der Waals surface area contributed by atoms with E-state index in [0.29, 0.717) is 0 Å². The number of hydrogen-bond acceptors (Lipinski definition) is 3. The van der Waals surface area contributed by atoms with Gasteiger partial charge in [0.05, 0.1) is 12.8 Å². The molecule has 70 valence electrons. The van der Waals surface area contributed by atoms with Crippen LogP contribution in [0.5, 0.6) is 0 Å². The molecule has 0 bridgehead atoms. The minimum Gasteiger partial charge on any atom is -0.464 e. The van der Waals surface area contributed by atoms with Crippen molar-refractivity contribution < 1.29 is 13.9 Å². The molecule has 1 aromatic heterocycles. The van der Waals surface area contributed by atoms with E-state index in [1.54, 1.807) is 0 Å². The molecule has 5 heteroatoms. The number of esters is 1. The lowest BCUT2D eigenvalue weighted by Crippen LogP contribution is -2.06. The largest absolute Gasteiger partial charge is 0.464 e. The van der Waals surface area contributed by atoms with Crippen LogP contribution in [0.1, 0.15) is 16.2 Å². The number of methoxy groups -OCH3 is 1. The predicted octanol–water partition coefficient (Wildman–Crippen LogP) is 1.90. The Morgan fingerprint density at radius 3 is 2.92 bits per heavy atom. The number of alkyl halides is 1. The summed E-state index contributed by atoms with van der Waals surface area (Å²) in [5.74, 6) is -1.01. The molecule has 13 heavy (non-hydrogen) atoms. The summed E-state index contributed by atoms with van der Waals surface area (Å²) >= 11 is 3.06. The van der Waals surface area contributed by atoms with E-state index >= 15 is 0 Å². The molecule has 1 rings (SSSR count). The van der Waals surface area contributed by atoms with E-state index in [2.05, 4.69) is 25.7 Å². The summed E-state index contributed by atoms with van der Waals surface area (Å²) in [6.45, 7) is 0. The van der Waals surface area contributed by atoms with Gasteiger partial charge in [0.2, 0.25) is 0 Å². The third-order valence-electron chi connectivity index (χ3n) is 1.44. The third kappa shape index (κ3) is 2.24. The molecule has 0 aliphatic rings. The number of hydrogen-bond donors (Lipinski definition) is 0. The van der Waals surface area contributed by atoms with E-state index in [9.17, 15) is 9.18 Å². The van der Waals surface area contributed by atoms with E-state index < -0.39 is 11.8 Å². The Balaban J connectivity index is 3.06. The summed E-state index contributed by atoms with van der Waals surface area (Å²) in [5.41, 5.74) is 0.307. The van der Waals surface area contributed by atoms with E-state index in [-0.39, 0.29) is 16.7 Å². The fourth-order valence-corrected chi connectivity index (χ4v) is 1.19. The first-order valence-corrected chi connectivity index (χ1v) is 4.61. The van der Waals surface area contributed by atoms with Crippen molar-refractivity contribution in [2.75, 3.05) is 7.11 Å². The number of nitrogens with zero attached hydrogens (tertiary/aromatic N) is 1. The number of carbonyl (C=O) groups excluding carboxylic acids is 1. The second-order valence-electron chi connectivity index (χ2n) is 2.25. The second kappa shape index (κ2) is 4.32.